The zero-order chi connectivity index (χ0) is 27.8. The molecule has 2 atom stereocenters. The number of amides is 1. The van der Waals surface area contributed by atoms with E-state index in [1.54, 1.807) is 18.1 Å². The van der Waals surface area contributed by atoms with E-state index in [0.29, 0.717) is 35.5 Å². The smallest absolute Gasteiger partial charge is 0.269 e. The number of aryl methyl sites for hydroxylation is 1. The maximum atomic E-state index is 13.7. The number of fused-ring (bicyclic) bond motifs is 5. The molecule has 4 aromatic rings. The first-order valence-electron chi connectivity index (χ1n) is 14.1. The van der Waals surface area contributed by atoms with Crippen LogP contribution in [0.25, 0.3) is 11.3 Å². The topological polar surface area (TPSA) is 75.8 Å². The molecule has 0 unspecified atom stereocenters. The van der Waals surface area contributed by atoms with Crippen molar-refractivity contribution in [3.8, 4) is 22.9 Å². The number of pyridine rings is 1. The molecule has 3 aliphatic rings. The monoisotopic (exact) mass is 534 g/mol. The Hall–Kier alpha value is -4.46. The van der Waals surface area contributed by atoms with Crippen molar-refractivity contribution in [1.29, 1.82) is 0 Å². The minimum Gasteiger partial charge on any atom is -0.438 e. The van der Waals surface area contributed by atoms with Crippen LogP contribution in [0.4, 0.5) is 5.82 Å². The number of carbonyl (C=O) groups excluding carboxylic acids is 1. The molecule has 1 fully saturated rings. The van der Waals surface area contributed by atoms with Gasteiger partial charge in [0, 0.05) is 18.8 Å². The highest BCUT2D eigenvalue weighted by Gasteiger charge is 2.49. The predicted octanol–water partition coefficient (Wildman–Crippen LogP) is 6.30. The Morgan fingerprint density at radius 1 is 0.975 bits per heavy atom. The van der Waals surface area contributed by atoms with Gasteiger partial charge >= 0.3 is 0 Å². The van der Waals surface area contributed by atoms with E-state index in [-0.39, 0.29) is 18.0 Å². The fraction of sp³-hybridized carbons (Fsp3) is 0.312. The van der Waals surface area contributed by atoms with Gasteiger partial charge in [-0.25, -0.2) is 9.67 Å². The Morgan fingerprint density at radius 3 is 2.48 bits per heavy atom. The van der Waals surface area contributed by atoms with E-state index in [1.807, 2.05) is 67.9 Å². The fourth-order valence-corrected chi connectivity index (χ4v) is 5.70. The number of rotatable bonds is 5. The summed E-state index contributed by atoms with van der Waals surface area (Å²) >= 11 is 0. The first-order valence-corrected chi connectivity index (χ1v) is 14.1. The molecule has 0 saturated heterocycles. The standard InChI is InChI=1S/C30H28N6O2.C2H6/c1-19-9-15-22(16-10-19)38-29-26-27(36-25-8-5-7-24(25)32-30(36)34(2)28(26)37)33-35(29)18-20-11-13-21(14-12-20)23-6-3-4-17-31-23;1-2/h3-4,6,9-17,24-25H,5,7-8,18H2,1-2H3;1-2H3/t24-,25+;/m1./s1. The molecule has 0 spiro atoms. The van der Waals surface area contributed by atoms with Crippen LogP contribution in [0.5, 0.6) is 11.6 Å². The number of aromatic nitrogens is 3. The van der Waals surface area contributed by atoms with Crippen LogP contribution in [-0.4, -0.2) is 50.7 Å². The molecule has 1 amide bonds. The van der Waals surface area contributed by atoms with Crippen LogP contribution in [0.1, 0.15) is 54.6 Å². The zero-order valence-corrected chi connectivity index (χ0v) is 23.4. The minimum atomic E-state index is -0.145. The van der Waals surface area contributed by atoms with Crippen LogP contribution >= 0.6 is 0 Å². The number of anilines is 1. The van der Waals surface area contributed by atoms with Gasteiger partial charge in [0.1, 0.15) is 11.3 Å². The third-order valence-corrected chi connectivity index (χ3v) is 7.69. The highest BCUT2D eigenvalue weighted by Crippen LogP contribution is 2.44. The molecule has 8 nitrogen and oxygen atoms in total. The molecule has 0 bridgehead atoms. The van der Waals surface area contributed by atoms with Gasteiger partial charge in [-0.15, -0.1) is 0 Å². The molecule has 7 rings (SSSR count). The van der Waals surface area contributed by atoms with E-state index in [4.69, 9.17) is 14.8 Å². The van der Waals surface area contributed by atoms with E-state index < -0.39 is 0 Å². The number of nitrogens with zero attached hydrogens (tertiary/aromatic N) is 6. The Labute approximate surface area is 234 Å². The lowest BCUT2D eigenvalue weighted by atomic mass is 10.1. The minimum absolute atomic E-state index is 0.145. The third kappa shape index (κ3) is 4.43. The highest BCUT2D eigenvalue weighted by molar-refractivity contribution is 6.20. The number of aliphatic imine (C=N–C) groups is 1. The first kappa shape index (κ1) is 25.8. The molecule has 4 heterocycles. The van der Waals surface area contributed by atoms with Crippen LogP contribution in [0.2, 0.25) is 0 Å². The Morgan fingerprint density at radius 2 is 1.75 bits per heavy atom. The van der Waals surface area contributed by atoms with Gasteiger partial charge in [0.25, 0.3) is 5.91 Å². The number of hydrogen-bond donors (Lipinski definition) is 0. The second-order valence-corrected chi connectivity index (χ2v) is 10.2. The lowest BCUT2D eigenvalue weighted by molar-refractivity contribution is 0.0862. The third-order valence-electron chi connectivity index (χ3n) is 7.69. The summed E-state index contributed by atoms with van der Waals surface area (Å²) in [6.45, 7) is 6.50. The summed E-state index contributed by atoms with van der Waals surface area (Å²) in [5.41, 5.74) is 4.66. The summed E-state index contributed by atoms with van der Waals surface area (Å²) in [5, 5.41) is 5.01. The summed E-state index contributed by atoms with van der Waals surface area (Å²) in [7, 11) is 1.79. The van der Waals surface area contributed by atoms with E-state index >= 15 is 0 Å². The van der Waals surface area contributed by atoms with Crippen molar-refractivity contribution in [3.05, 3.63) is 89.6 Å². The normalized spacial score (nSPS) is 18.9. The second-order valence-electron chi connectivity index (χ2n) is 10.2. The summed E-state index contributed by atoms with van der Waals surface area (Å²) in [5.74, 6) is 2.32. The van der Waals surface area contributed by atoms with E-state index in [1.165, 1.54) is 0 Å². The molecule has 2 aromatic carbocycles. The molecule has 0 radical (unpaired) electrons. The molecule has 2 aromatic heterocycles. The molecule has 0 N–H and O–H groups in total. The van der Waals surface area contributed by atoms with Crippen LogP contribution in [0.15, 0.2) is 77.9 Å². The predicted molar refractivity (Wildman–Crippen MR) is 157 cm³/mol. The van der Waals surface area contributed by atoms with Crippen LogP contribution in [-0.2, 0) is 6.54 Å². The Kier molecular flexibility index (Phi) is 6.84. The highest BCUT2D eigenvalue weighted by atomic mass is 16.5. The lowest BCUT2D eigenvalue weighted by Crippen LogP contribution is -2.51. The average Bonchev–Trinajstić information content (AvgIpc) is 3.69. The van der Waals surface area contributed by atoms with Gasteiger partial charge in [-0.2, -0.15) is 5.10 Å². The van der Waals surface area contributed by atoms with Crippen LogP contribution in [0.3, 0.4) is 0 Å². The van der Waals surface area contributed by atoms with Crippen molar-refractivity contribution in [2.45, 2.75) is 58.7 Å². The average molecular weight is 535 g/mol. The van der Waals surface area contributed by atoms with Gasteiger partial charge in [0.2, 0.25) is 11.8 Å². The van der Waals surface area contributed by atoms with Crippen LogP contribution in [0, 0.1) is 6.92 Å². The Balaban J connectivity index is 0.00000142. The molecule has 1 saturated carbocycles. The van der Waals surface area contributed by atoms with Crippen molar-refractivity contribution in [1.82, 2.24) is 19.7 Å². The number of ether oxygens (including phenoxy) is 1. The van der Waals surface area contributed by atoms with Crippen molar-refractivity contribution in [3.63, 3.8) is 0 Å². The van der Waals surface area contributed by atoms with Gasteiger partial charge in [-0.1, -0.05) is 61.9 Å². The molecule has 8 heteroatoms. The molecule has 204 valence electrons. The molecule has 2 aliphatic heterocycles. The van der Waals surface area contributed by atoms with Gasteiger partial charge in [0.05, 0.1) is 24.3 Å². The number of benzene rings is 2. The maximum absolute atomic E-state index is 13.7. The summed E-state index contributed by atoms with van der Waals surface area (Å²) in [4.78, 5) is 26.9. The zero-order valence-electron chi connectivity index (χ0n) is 23.4. The SMILES string of the molecule is CC.Cc1ccc(Oc2c3c(nn2Cc2ccc(-c4ccccn4)cc2)N2C(=N[C@@H]4CCC[C@@H]42)N(C)C3=O)cc1. The van der Waals surface area contributed by atoms with Crippen molar-refractivity contribution >= 4 is 17.7 Å². The van der Waals surface area contributed by atoms with Crippen molar-refractivity contribution < 1.29 is 9.53 Å². The van der Waals surface area contributed by atoms with Crippen molar-refractivity contribution in [2.24, 2.45) is 4.99 Å². The van der Waals surface area contributed by atoms with Crippen LogP contribution < -0.4 is 9.64 Å². The van der Waals surface area contributed by atoms with E-state index in [0.717, 1.165) is 41.6 Å². The maximum Gasteiger partial charge on any atom is 0.269 e. The summed E-state index contributed by atoms with van der Waals surface area (Å²) in [6, 6.07) is 22.5. The molecular formula is C32H34N6O2. The lowest BCUT2D eigenvalue weighted by Gasteiger charge is -2.33. The largest absolute Gasteiger partial charge is 0.438 e. The Bertz CT molecular complexity index is 1540. The number of carbonyl (C=O) groups is 1. The first-order chi connectivity index (χ1) is 19.6. The van der Waals surface area contributed by atoms with Gasteiger partial charge < -0.3 is 4.74 Å². The van der Waals surface area contributed by atoms with Crippen molar-refractivity contribution in [2.75, 3.05) is 11.9 Å². The van der Waals surface area contributed by atoms with E-state index in [9.17, 15) is 4.79 Å². The summed E-state index contributed by atoms with van der Waals surface area (Å²) < 4.78 is 8.24. The van der Waals surface area contributed by atoms with E-state index in [2.05, 4.69) is 34.1 Å². The molecular weight excluding hydrogens is 500 g/mol. The quantitative estimate of drug-likeness (QED) is 0.300. The number of guanidine groups is 1. The fourth-order valence-electron chi connectivity index (χ4n) is 5.70. The summed E-state index contributed by atoms with van der Waals surface area (Å²) in [6.07, 6.45) is 5.00. The molecule has 40 heavy (non-hydrogen) atoms. The van der Waals surface area contributed by atoms with Gasteiger partial charge in [-0.3, -0.25) is 19.6 Å². The van der Waals surface area contributed by atoms with Gasteiger partial charge in [0.15, 0.2) is 5.82 Å². The van der Waals surface area contributed by atoms with Gasteiger partial charge in [-0.05, 0) is 56.0 Å². The molecule has 1 aliphatic carbocycles. The number of hydrogen-bond acceptors (Lipinski definition) is 6. The second kappa shape index (κ2) is 10.6.